The molecule has 28 heavy (non-hydrogen) atoms. The van der Waals surface area contributed by atoms with Gasteiger partial charge >= 0.3 is 0 Å². The molecule has 0 saturated heterocycles. The van der Waals surface area contributed by atoms with Crippen molar-refractivity contribution in [3.63, 3.8) is 0 Å². The number of aryl methyl sites for hydroxylation is 1. The lowest BCUT2D eigenvalue weighted by molar-refractivity contribution is 0.0935. The van der Waals surface area contributed by atoms with Crippen LogP contribution in [0.15, 0.2) is 47.0 Å². The summed E-state index contributed by atoms with van der Waals surface area (Å²) in [7, 11) is 0. The average molecular weight is 420 g/mol. The highest BCUT2D eigenvalue weighted by Crippen LogP contribution is 2.23. The molecule has 1 unspecified atom stereocenters. The summed E-state index contributed by atoms with van der Waals surface area (Å²) in [5.74, 6) is 1.08. The van der Waals surface area contributed by atoms with Crippen LogP contribution in [0.5, 0.6) is 5.75 Å². The molecule has 1 amide bonds. The van der Waals surface area contributed by atoms with E-state index < -0.39 is 0 Å². The maximum absolute atomic E-state index is 12.7. The van der Waals surface area contributed by atoms with Crippen LogP contribution in [0.3, 0.4) is 0 Å². The standard InChI is InChI=1S/C20H19Cl2N3O3/c1-12(9-14-7-8-15(21)10-17(14)22)23-20(26)16-5-3-4-6-18(16)27-11-19-24-13(2)28-25-19/h3-8,10,12H,9,11H2,1-2H3,(H,23,26). The van der Waals surface area contributed by atoms with Crippen LogP contribution >= 0.6 is 23.2 Å². The van der Waals surface area contributed by atoms with Crippen LogP contribution in [0.4, 0.5) is 0 Å². The SMILES string of the molecule is Cc1nc(COc2ccccc2C(=O)NC(C)Cc2ccc(Cl)cc2Cl)no1. The highest BCUT2D eigenvalue weighted by Gasteiger charge is 2.16. The van der Waals surface area contributed by atoms with E-state index in [4.69, 9.17) is 32.5 Å². The summed E-state index contributed by atoms with van der Waals surface area (Å²) in [5, 5.41) is 7.90. The third-order valence-electron chi connectivity index (χ3n) is 3.98. The quantitative estimate of drug-likeness (QED) is 0.603. The number of carbonyl (C=O) groups excluding carboxylic acids is 1. The van der Waals surface area contributed by atoms with Crippen molar-refractivity contribution < 1.29 is 14.1 Å². The van der Waals surface area contributed by atoms with Crippen LogP contribution in [0.1, 0.15) is 34.6 Å². The fourth-order valence-electron chi connectivity index (χ4n) is 2.69. The first-order valence-electron chi connectivity index (χ1n) is 8.68. The molecule has 2 aromatic carbocycles. The average Bonchev–Trinajstić information content (AvgIpc) is 3.08. The largest absolute Gasteiger partial charge is 0.485 e. The predicted molar refractivity (Wildman–Crippen MR) is 107 cm³/mol. The van der Waals surface area contributed by atoms with Gasteiger partial charge in [-0.25, -0.2) is 0 Å². The summed E-state index contributed by atoms with van der Waals surface area (Å²) in [4.78, 5) is 16.8. The van der Waals surface area contributed by atoms with Crippen molar-refractivity contribution in [2.24, 2.45) is 0 Å². The van der Waals surface area contributed by atoms with E-state index in [1.54, 1.807) is 43.3 Å². The number of nitrogens with one attached hydrogen (secondary N) is 1. The van der Waals surface area contributed by atoms with Gasteiger partial charge in [0.05, 0.1) is 5.56 Å². The van der Waals surface area contributed by atoms with E-state index in [9.17, 15) is 4.79 Å². The first-order chi connectivity index (χ1) is 13.4. The molecule has 8 heteroatoms. The van der Waals surface area contributed by atoms with Crippen molar-refractivity contribution in [2.75, 3.05) is 0 Å². The fourth-order valence-corrected chi connectivity index (χ4v) is 3.18. The topological polar surface area (TPSA) is 77.2 Å². The maximum Gasteiger partial charge on any atom is 0.255 e. The maximum atomic E-state index is 12.7. The zero-order valence-corrected chi connectivity index (χ0v) is 16.9. The number of aromatic nitrogens is 2. The summed E-state index contributed by atoms with van der Waals surface area (Å²) < 4.78 is 10.6. The Bertz CT molecular complexity index is 975. The Morgan fingerprint density at radius 2 is 2.04 bits per heavy atom. The van der Waals surface area contributed by atoms with E-state index in [0.29, 0.717) is 39.5 Å². The molecule has 0 aliphatic heterocycles. The first kappa shape index (κ1) is 20.2. The molecule has 0 radical (unpaired) electrons. The van der Waals surface area contributed by atoms with E-state index >= 15 is 0 Å². The van der Waals surface area contributed by atoms with Crippen LogP contribution in [-0.4, -0.2) is 22.1 Å². The minimum absolute atomic E-state index is 0.109. The van der Waals surface area contributed by atoms with Crippen LogP contribution in [0, 0.1) is 6.92 Å². The van der Waals surface area contributed by atoms with E-state index in [0.717, 1.165) is 5.56 Å². The summed E-state index contributed by atoms with van der Waals surface area (Å²) in [6.45, 7) is 3.72. The third-order valence-corrected chi connectivity index (χ3v) is 4.56. The van der Waals surface area contributed by atoms with Crippen molar-refractivity contribution in [3.8, 4) is 5.75 Å². The lowest BCUT2D eigenvalue weighted by Gasteiger charge is -2.16. The van der Waals surface area contributed by atoms with Gasteiger partial charge in [0.25, 0.3) is 5.91 Å². The van der Waals surface area contributed by atoms with E-state index in [-0.39, 0.29) is 18.6 Å². The molecule has 1 N–H and O–H groups in total. The van der Waals surface area contributed by atoms with Crippen LogP contribution in [0.25, 0.3) is 0 Å². The second kappa shape index (κ2) is 9.08. The van der Waals surface area contributed by atoms with Gasteiger partial charge in [-0.2, -0.15) is 4.98 Å². The highest BCUT2D eigenvalue weighted by atomic mass is 35.5. The summed E-state index contributed by atoms with van der Waals surface area (Å²) in [5.41, 5.74) is 1.34. The molecule has 0 spiro atoms. The van der Waals surface area contributed by atoms with Gasteiger partial charge in [-0.05, 0) is 43.2 Å². The Morgan fingerprint density at radius 1 is 1.25 bits per heavy atom. The molecule has 1 atom stereocenters. The number of hydrogen-bond donors (Lipinski definition) is 1. The number of nitrogens with zero attached hydrogens (tertiary/aromatic N) is 2. The van der Waals surface area contributed by atoms with Gasteiger partial charge in [-0.1, -0.05) is 46.6 Å². The number of amides is 1. The number of halogens is 2. The molecular weight excluding hydrogens is 401 g/mol. The summed E-state index contributed by atoms with van der Waals surface area (Å²) in [6.07, 6.45) is 0.576. The van der Waals surface area contributed by atoms with Crippen molar-refractivity contribution in [3.05, 3.63) is 75.4 Å². The van der Waals surface area contributed by atoms with Gasteiger partial charge < -0.3 is 14.6 Å². The van der Waals surface area contributed by atoms with Gasteiger partial charge in [0, 0.05) is 23.0 Å². The van der Waals surface area contributed by atoms with Crippen LogP contribution in [-0.2, 0) is 13.0 Å². The molecule has 3 aromatic rings. The monoisotopic (exact) mass is 419 g/mol. The molecule has 146 valence electrons. The normalized spacial score (nSPS) is 11.9. The van der Waals surface area contributed by atoms with Crippen LogP contribution < -0.4 is 10.1 Å². The van der Waals surface area contributed by atoms with Crippen molar-refractivity contribution >= 4 is 29.1 Å². The smallest absolute Gasteiger partial charge is 0.255 e. The van der Waals surface area contributed by atoms with Crippen molar-refractivity contribution in [1.29, 1.82) is 0 Å². The zero-order chi connectivity index (χ0) is 20.1. The Morgan fingerprint density at radius 3 is 2.75 bits per heavy atom. The second-order valence-electron chi connectivity index (χ2n) is 6.33. The van der Waals surface area contributed by atoms with Crippen LogP contribution in [0.2, 0.25) is 10.0 Å². The third kappa shape index (κ3) is 5.24. The zero-order valence-electron chi connectivity index (χ0n) is 15.4. The van der Waals surface area contributed by atoms with Gasteiger partial charge in [0.2, 0.25) is 11.7 Å². The molecule has 0 fully saturated rings. The lowest BCUT2D eigenvalue weighted by Crippen LogP contribution is -2.34. The second-order valence-corrected chi connectivity index (χ2v) is 7.17. The molecule has 0 aliphatic rings. The summed E-state index contributed by atoms with van der Waals surface area (Å²) in [6, 6.07) is 12.2. The van der Waals surface area contributed by atoms with E-state index in [1.165, 1.54) is 0 Å². The highest BCUT2D eigenvalue weighted by molar-refractivity contribution is 6.35. The number of carbonyl (C=O) groups is 1. The fraction of sp³-hybridized carbons (Fsp3) is 0.250. The molecule has 1 aromatic heterocycles. The number of benzene rings is 2. The number of rotatable bonds is 7. The molecule has 0 bridgehead atoms. The number of para-hydroxylation sites is 1. The van der Waals surface area contributed by atoms with Gasteiger partial charge in [0.15, 0.2) is 6.61 Å². The Labute approximate surface area is 172 Å². The molecule has 3 rings (SSSR count). The number of ether oxygens (including phenoxy) is 1. The molecule has 0 saturated carbocycles. The van der Waals surface area contributed by atoms with E-state index in [1.807, 2.05) is 13.0 Å². The van der Waals surface area contributed by atoms with Crippen molar-refractivity contribution in [1.82, 2.24) is 15.5 Å². The minimum Gasteiger partial charge on any atom is -0.485 e. The molecule has 0 aliphatic carbocycles. The Kier molecular flexibility index (Phi) is 6.54. The minimum atomic E-state index is -0.238. The Hall–Kier alpha value is -2.57. The van der Waals surface area contributed by atoms with Gasteiger partial charge in [-0.3, -0.25) is 4.79 Å². The lowest BCUT2D eigenvalue weighted by atomic mass is 10.1. The van der Waals surface area contributed by atoms with E-state index in [2.05, 4.69) is 15.5 Å². The molecule has 6 nitrogen and oxygen atoms in total. The molecular formula is C20H19Cl2N3O3. The Balaban J connectivity index is 1.65. The van der Waals surface area contributed by atoms with Gasteiger partial charge in [-0.15, -0.1) is 0 Å². The number of hydrogen-bond acceptors (Lipinski definition) is 5. The van der Waals surface area contributed by atoms with Gasteiger partial charge in [0.1, 0.15) is 5.75 Å². The summed E-state index contributed by atoms with van der Waals surface area (Å²) >= 11 is 12.1. The molecule has 1 heterocycles. The first-order valence-corrected chi connectivity index (χ1v) is 9.44. The van der Waals surface area contributed by atoms with Crippen molar-refractivity contribution in [2.45, 2.75) is 32.9 Å². The predicted octanol–water partition coefficient (Wildman–Crippen LogP) is 4.62.